The van der Waals surface area contributed by atoms with Crippen LogP contribution in [0.25, 0.3) is 0 Å². The van der Waals surface area contributed by atoms with E-state index in [1.165, 1.54) is 16.6 Å². The number of nitrogens with zero attached hydrogens (tertiary/aromatic N) is 2. The Morgan fingerprint density at radius 2 is 1.95 bits per heavy atom. The molecule has 0 aliphatic rings. The number of halogens is 1. The Kier molecular flexibility index (Phi) is 5.61. The zero-order valence-electron chi connectivity index (χ0n) is 12.1. The van der Waals surface area contributed by atoms with E-state index in [9.17, 15) is 12.8 Å². The maximum Gasteiger partial charge on any atom is 0.264 e. The van der Waals surface area contributed by atoms with Gasteiger partial charge in [-0.05, 0) is 25.0 Å². The van der Waals surface area contributed by atoms with Gasteiger partial charge in [0.1, 0.15) is 0 Å². The third kappa shape index (κ3) is 2.84. The van der Waals surface area contributed by atoms with Gasteiger partial charge in [-0.1, -0.05) is 20.8 Å². The van der Waals surface area contributed by atoms with Gasteiger partial charge in [-0.25, -0.2) is 17.8 Å². The summed E-state index contributed by atoms with van der Waals surface area (Å²) in [6.07, 6.45) is 2.38. The first-order chi connectivity index (χ1) is 9.39. The first-order valence-corrected chi connectivity index (χ1v) is 8.17. The monoisotopic (exact) mass is 303 g/mol. The van der Waals surface area contributed by atoms with Crippen LogP contribution in [-0.2, 0) is 10.0 Å². The largest absolute Gasteiger partial charge is 0.329 e. The minimum absolute atomic E-state index is 0.182. The number of hydrogen-bond acceptors (Lipinski definition) is 4. The molecule has 0 aromatic carbocycles. The summed E-state index contributed by atoms with van der Waals surface area (Å²) < 4.78 is 40.4. The molecule has 0 amide bonds. The van der Waals surface area contributed by atoms with Crippen LogP contribution in [-0.4, -0.2) is 36.3 Å². The fraction of sp³-hybridized carbons (Fsp3) is 0.615. The van der Waals surface area contributed by atoms with Crippen LogP contribution >= 0.6 is 0 Å². The highest BCUT2D eigenvalue weighted by Crippen LogP contribution is 2.29. The Hall–Kier alpha value is -1.05. The first-order valence-electron chi connectivity index (χ1n) is 6.73. The second-order valence-electron chi connectivity index (χ2n) is 4.60. The maximum atomic E-state index is 13.8. The molecule has 2 N–H and O–H groups in total. The summed E-state index contributed by atoms with van der Waals surface area (Å²) in [5, 5.41) is -0.540. The summed E-state index contributed by atoms with van der Waals surface area (Å²) in [5.41, 5.74) is 5.09. The third-order valence-electron chi connectivity index (χ3n) is 3.77. The van der Waals surface area contributed by atoms with E-state index in [1.807, 2.05) is 13.8 Å². The van der Waals surface area contributed by atoms with Gasteiger partial charge < -0.3 is 5.73 Å². The molecule has 0 spiro atoms. The topological polar surface area (TPSA) is 76.3 Å². The van der Waals surface area contributed by atoms with Gasteiger partial charge in [-0.2, -0.15) is 4.31 Å². The molecule has 1 aromatic heterocycles. The lowest BCUT2D eigenvalue weighted by atomic mass is 9.93. The van der Waals surface area contributed by atoms with E-state index in [0.717, 1.165) is 6.07 Å². The van der Waals surface area contributed by atoms with E-state index in [4.69, 9.17) is 5.73 Å². The van der Waals surface area contributed by atoms with Gasteiger partial charge in [0.15, 0.2) is 5.82 Å². The Morgan fingerprint density at radius 3 is 2.35 bits per heavy atom. The summed E-state index contributed by atoms with van der Waals surface area (Å²) in [7, 11) is -4.01. The van der Waals surface area contributed by atoms with Gasteiger partial charge in [0.25, 0.3) is 10.0 Å². The fourth-order valence-corrected chi connectivity index (χ4v) is 4.32. The standard InChI is InChI=1S/C13H22FN3O2S/c1-4-13(5-2,10-15)17(6-3)20(18,19)12-11(14)8-7-9-16-12/h7-9H,4-6,10,15H2,1-3H3. The van der Waals surface area contributed by atoms with Crippen LogP contribution in [0.3, 0.4) is 0 Å². The molecule has 0 aliphatic heterocycles. The molecule has 7 heteroatoms. The van der Waals surface area contributed by atoms with E-state index in [1.54, 1.807) is 6.92 Å². The number of likely N-dealkylation sites (N-methyl/N-ethyl adjacent to an activating group) is 1. The lowest BCUT2D eigenvalue weighted by Gasteiger charge is -2.40. The van der Waals surface area contributed by atoms with E-state index >= 15 is 0 Å². The van der Waals surface area contributed by atoms with Crippen molar-refractivity contribution in [3.63, 3.8) is 0 Å². The van der Waals surface area contributed by atoms with Crippen LogP contribution in [0.2, 0.25) is 0 Å². The molecule has 114 valence electrons. The Balaban J connectivity index is 3.41. The van der Waals surface area contributed by atoms with Crippen molar-refractivity contribution in [3.8, 4) is 0 Å². The minimum atomic E-state index is -4.01. The van der Waals surface area contributed by atoms with E-state index in [-0.39, 0.29) is 13.1 Å². The average molecular weight is 303 g/mol. The Labute approximate surface area is 120 Å². The molecule has 1 rings (SSSR count). The molecule has 1 heterocycles. The maximum absolute atomic E-state index is 13.8. The van der Waals surface area contributed by atoms with E-state index in [0.29, 0.717) is 12.8 Å². The zero-order valence-corrected chi connectivity index (χ0v) is 13.0. The summed E-state index contributed by atoms with van der Waals surface area (Å²) in [6.45, 7) is 5.87. The predicted octanol–water partition coefficient (Wildman–Crippen LogP) is 1.75. The molecule has 0 saturated heterocycles. The normalized spacial score (nSPS) is 12.9. The number of nitrogens with two attached hydrogens (primary N) is 1. The highest BCUT2D eigenvalue weighted by atomic mass is 32.2. The average Bonchev–Trinajstić information content (AvgIpc) is 2.45. The molecule has 0 fully saturated rings. The second-order valence-corrected chi connectivity index (χ2v) is 6.37. The smallest absolute Gasteiger partial charge is 0.264 e. The SMILES string of the molecule is CCN(C(CC)(CC)CN)S(=O)(=O)c1ncccc1F. The number of sulfonamides is 1. The molecule has 1 aromatic rings. The predicted molar refractivity (Wildman–Crippen MR) is 76.1 cm³/mol. The molecule has 20 heavy (non-hydrogen) atoms. The molecular formula is C13H22FN3O2S. The van der Waals surface area contributed by atoms with Crippen molar-refractivity contribution in [2.24, 2.45) is 5.73 Å². The van der Waals surface area contributed by atoms with Crippen LogP contribution in [0.5, 0.6) is 0 Å². The van der Waals surface area contributed by atoms with Gasteiger partial charge in [0.05, 0.1) is 0 Å². The Bertz CT molecular complexity index is 536. The quantitative estimate of drug-likeness (QED) is 0.832. The summed E-state index contributed by atoms with van der Waals surface area (Å²) in [5.74, 6) is -0.843. The number of hydrogen-bond donors (Lipinski definition) is 1. The van der Waals surface area contributed by atoms with Crippen molar-refractivity contribution >= 4 is 10.0 Å². The fourth-order valence-electron chi connectivity index (χ4n) is 2.42. The zero-order chi connectivity index (χ0) is 15.4. The second kappa shape index (κ2) is 6.60. The molecule has 0 aliphatic carbocycles. The van der Waals surface area contributed by atoms with Crippen molar-refractivity contribution in [1.29, 1.82) is 0 Å². The van der Waals surface area contributed by atoms with Crippen molar-refractivity contribution in [2.75, 3.05) is 13.1 Å². The molecule has 5 nitrogen and oxygen atoms in total. The van der Waals surface area contributed by atoms with Gasteiger partial charge >= 0.3 is 0 Å². The number of rotatable bonds is 7. The third-order valence-corrected chi connectivity index (χ3v) is 5.79. The van der Waals surface area contributed by atoms with Crippen molar-refractivity contribution in [2.45, 2.75) is 44.2 Å². The molecule has 0 radical (unpaired) electrons. The van der Waals surface area contributed by atoms with Crippen LogP contribution < -0.4 is 5.73 Å². The molecule has 0 bridgehead atoms. The van der Waals surface area contributed by atoms with Gasteiger partial charge in [0, 0.05) is 24.8 Å². The van der Waals surface area contributed by atoms with Crippen LogP contribution in [0.1, 0.15) is 33.6 Å². The lowest BCUT2D eigenvalue weighted by Crippen LogP contribution is -2.55. The highest BCUT2D eigenvalue weighted by molar-refractivity contribution is 7.89. The van der Waals surface area contributed by atoms with Crippen molar-refractivity contribution in [3.05, 3.63) is 24.1 Å². The van der Waals surface area contributed by atoms with Crippen LogP contribution in [0.4, 0.5) is 4.39 Å². The number of aromatic nitrogens is 1. The lowest BCUT2D eigenvalue weighted by molar-refractivity contribution is 0.183. The van der Waals surface area contributed by atoms with Crippen LogP contribution in [0.15, 0.2) is 23.4 Å². The summed E-state index contributed by atoms with van der Waals surface area (Å²) in [6, 6.07) is 2.45. The van der Waals surface area contributed by atoms with Crippen LogP contribution in [0, 0.1) is 5.82 Å². The van der Waals surface area contributed by atoms with Crippen molar-refractivity contribution < 1.29 is 12.8 Å². The van der Waals surface area contributed by atoms with Gasteiger partial charge in [-0.3, -0.25) is 0 Å². The first kappa shape index (κ1) is 17.0. The summed E-state index contributed by atoms with van der Waals surface area (Å²) >= 11 is 0. The van der Waals surface area contributed by atoms with E-state index in [2.05, 4.69) is 4.98 Å². The van der Waals surface area contributed by atoms with Gasteiger partial charge in [0.2, 0.25) is 5.03 Å². The van der Waals surface area contributed by atoms with E-state index < -0.39 is 26.4 Å². The molecule has 0 unspecified atom stereocenters. The Morgan fingerprint density at radius 1 is 1.35 bits per heavy atom. The number of pyridine rings is 1. The highest BCUT2D eigenvalue weighted by Gasteiger charge is 2.41. The molecule has 0 saturated carbocycles. The molecular weight excluding hydrogens is 281 g/mol. The van der Waals surface area contributed by atoms with Gasteiger partial charge in [-0.15, -0.1) is 0 Å². The van der Waals surface area contributed by atoms with Crippen molar-refractivity contribution in [1.82, 2.24) is 9.29 Å². The molecule has 0 atom stereocenters. The minimum Gasteiger partial charge on any atom is -0.329 e. The summed E-state index contributed by atoms with van der Waals surface area (Å²) in [4.78, 5) is 3.69.